The first-order valence-electron chi connectivity index (χ1n) is 9.43. The van der Waals surface area contributed by atoms with Crippen molar-refractivity contribution in [2.24, 2.45) is 0 Å². The summed E-state index contributed by atoms with van der Waals surface area (Å²) in [6, 6.07) is 12.4. The first kappa shape index (κ1) is 24.3. The lowest BCUT2D eigenvalue weighted by Crippen LogP contribution is -2.59. The van der Waals surface area contributed by atoms with Crippen LogP contribution in [0.5, 0.6) is 0 Å². The fraction of sp³-hybridized carbons (Fsp3) is 0.684. The predicted molar refractivity (Wildman–Crippen MR) is 109 cm³/mol. The first-order chi connectivity index (χ1) is 12.3. The zero-order valence-electron chi connectivity index (χ0n) is 17.0. The molecule has 8 heteroatoms. The Morgan fingerprint density at radius 3 is 2.19 bits per heavy atom. The summed E-state index contributed by atoms with van der Waals surface area (Å²) in [4.78, 5) is 0. The second-order valence-electron chi connectivity index (χ2n) is 8.63. The molecule has 0 saturated heterocycles. The molecular weight excluding hydrogens is 390 g/mol. The molecule has 0 aliphatic heterocycles. The Morgan fingerprint density at radius 1 is 1.04 bits per heavy atom. The molecule has 156 valence electrons. The van der Waals surface area contributed by atoms with E-state index in [-0.39, 0.29) is 6.61 Å². The van der Waals surface area contributed by atoms with Crippen molar-refractivity contribution in [2.75, 3.05) is 13.2 Å². The second-order valence-corrected chi connectivity index (χ2v) is 18.1. The van der Waals surface area contributed by atoms with Crippen molar-refractivity contribution in [3.8, 4) is 0 Å². The van der Waals surface area contributed by atoms with Gasteiger partial charge in [-0.05, 0) is 30.0 Å². The van der Waals surface area contributed by atoms with E-state index < -0.39 is 35.4 Å². The summed E-state index contributed by atoms with van der Waals surface area (Å²) in [7, 11) is -3.37. The van der Waals surface area contributed by atoms with Crippen LogP contribution in [0, 0.1) is 0 Å². The highest BCUT2D eigenvalue weighted by Gasteiger charge is 2.41. The van der Waals surface area contributed by atoms with Gasteiger partial charge in [-0.25, -0.2) is 8.78 Å². The van der Waals surface area contributed by atoms with E-state index in [0.717, 1.165) is 12.1 Å². The van der Waals surface area contributed by atoms with Crippen LogP contribution in [-0.2, 0) is 4.74 Å². The lowest BCUT2D eigenvalue weighted by atomic mass is 10.0. The van der Waals surface area contributed by atoms with Crippen LogP contribution in [0.1, 0.15) is 24.8 Å². The Hall–Kier alpha value is -0.706. The fourth-order valence-corrected chi connectivity index (χ4v) is 14.6. The summed E-state index contributed by atoms with van der Waals surface area (Å²) in [5, 5.41) is 0. The van der Waals surface area contributed by atoms with Crippen LogP contribution >= 0.6 is 0 Å². The highest BCUT2D eigenvalue weighted by Crippen LogP contribution is 2.27. The number of nitrogens with one attached hydrogen (secondary N) is 1. The molecule has 1 unspecified atom stereocenters. The molecule has 1 aromatic carbocycles. The van der Waals surface area contributed by atoms with E-state index in [4.69, 9.17) is 4.74 Å². The molecule has 0 aromatic heterocycles. The minimum Gasteiger partial charge on any atom is -0.375 e. The Kier molecular flexibility index (Phi) is 9.17. The number of ether oxygens (including phenoxy) is 1. The van der Waals surface area contributed by atoms with Gasteiger partial charge in [-0.1, -0.05) is 63.4 Å². The van der Waals surface area contributed by atoms with Crippen LogP contribution in [0.4, 0.5) is 17.6 Å². The SMILES string of the molecule is CC(C[Si](C)(C)N[Si](C)(C)CCCOCC(F)(F)C(F)F)c1ccccc1. The predicted octanol–water partition coefficient (Wildman–Crippen LogP) is 6.10. The summed E-state index contributed by atoms with van der Waals surface area (Å²) in [6.07, 6.45) is -3.08. The molecule has 27 heavy (non-hydrogen) atoms. The molecule has 0 fully saturated rings. The highest BCUT2D eigenvalue weighted by molar-refractivity contribution is 6.91. The first-order valence-corrected chi connectivity index (χ1v) is 15.8. The van der Waals surface area contributed by atoms with E-state index in [2.05, 4.69) is 62.0 Å². The van der Waals surface area contributed by atoms with Gasteiger partial charge in [0.25, 0.3) is 0 Å². The number of hydrogen-bond donors (Lipinski definition) is 1. The Balaban J connectivity index is 2.41. The van der Waals surface area contributed by atoms with E-state index in [1.54, 1.807) is 0 Å². The van der Waals surface area contributed by atoms with E-state index >= 15 is 0 Å². The van der Waals surface area contributed by atoms with Gasteiger partial charge in [0.05, 0.1) is 0 Å². The summed E-state index contributed by atoms with van der Waals surface area (Å²) >= 11 is 0. The molecular formula is C19H33F4NOSi2. The van der Waals surface area contributed by atoms with Gasteiger partial charge in [-0.2, -0.15) is 8.78 Å². The number of alkyl halides is 4. The molecule has 1 atom stereocenters. The van der Waals surface area contributed by atoms with Crippen LogP contribution in [0.25, 0.3) is 0 Å². The molecule has 0 heterocycles. The molecule has 0 radical (unpaired) electrons. The molecule has 0 bridgehead atoms. The lowest BCUT2D eigenvalue weighted by Gasteiger charge is -2.36. The molecule has 0 amide bonds. The Labute approximate surface area is 162 Å². The lowest BCUT2D eigenvalue weighted by molar-refractivity contribution is -0.165. The number of hydrogen-bond acceptors (Lipinski definition) is 2. The molecule has 1 rings (SSSR count). The maximum Gasteiger partial charge on any atom is 0.330 e. The Morgan fingerprint density at radius 2 is 1.63 bits per heavy atom. The standard InChI is InChI=1S/C19H33F4NOSi2/c1-16(17-10-7-6-8-11-17)14-27(4,5)24-26(2,3)13-9-12-25-15-19(22,23)18(20)21/h6-8,10-11,16,18,24H,9,12-15H2,1-5H3. The van der Waals surface area contributed by atoms with Crippen LogP contribution in [0.2, 0.25) is 38.3 Å². The van der Waals surface area contributed by atoms with Crippen molar-refractivity contribution in [3.05, 3.63) is 35.9 Å². The highest BCUT2D eigenvalue weighted by atomic mass is 28.4. The van der Waals surface area contributed by atoms with Crippen LogP contribution in [-0.4, -0.2) is 42.0 Å². The summed E-state index contributed by atoms with van der Waals surface area (Å²) in [6.45, 7) is 10.2. The van der Waals surface area contributed by atoms with Gasteiger partial charge < -0.3 is 9.38 Å². The van der Waals surface area contributed by atoms with Gasteiger partial charge in [-0.15, -0.1) is 0 Å². The van der Waals surface area contributed by atoms with Gasteiger partial charge in [-0.3, -0.25) is 0 Å². The quantitative estimate of drug-likeness (QED) is 0.249. The number of halogens is 4. The minimum absolute atomic E-state index is 0.0861. The third-order valence-corrected chi connectivity index (χ3v) is 13.2. The van der Waals surface area contributed by atoms with Crippen LogP contribution < -0.4 is 4.65 Å². The summed E-state index contributed by atoms with van der Waals surface area (Å²) in [5.41, 5.74) is 1.34. The maximum atomic E-state index is 12.8. The molecule has 1 aromatic rings. The zero-order chi connectivity index (χ0) is 20.7. The summed E-state index contributed by atoms with van der Waals surface area (Å²) < 4.78 is 58.5. The second kappa shape index (κ2) is 10.2. The Bertz CT molecular complexity index is 556. The zero-order valence-corrected chi connectivity index (χ0v) is 19.0. The van der Waals surface area contributed by atoms with Gasteiger partial charge in [0.15, 0.2) is 0 Å². The number of benzene rings is 1. The topological polar surface area (TPSA) is 21.3 Å². The molecule has 0 aliphatic carbocycles. The van der Waals surface area contributed by atoms with Gasteiger partial charge >= 0.3 is 12.3 Å². The average molecular weight is 424 g/mol. The molecule has 2 nitrogen and oxygen atoms in total. The monoisotopic (exact) mass is 423 g/mol. The maximum absolute atomic E-state index is 12.8. The molecule has 0 spiro atoms. The largest absolute Gasteiger partial charge is 0.375 e. The van der Waals surface area contributed by atoms with Crippen molar-refractivity contribution in [1.29, 1.82) is 0 Å². The molecule has 0 saturated carbocycles. The van der Waals surface area contributed by atoms with Gasteiger partial charge in [0, 0.05) is 6.61 Å². The smallest absolute Gasteiger partial charge is 0.330 e. The van der Waals surface area contributed by atoms with E-state index in [0.29, 0.717) is 12.3 Å². The minimum atomic E-state index is -4.06. The summed E-state index contributed by atoms with van der Waals surface area (Å²) in [5.74, 6) is -3.58. The van der Waals surface area contributed by atoms with Crippen molar-refractivity contribution >= 4 is 16.5 Å². The van der Waals surface area contributed by atoms with Crippen molar-refractivity contribution in [3.63, 3.8) is 0 Å². The third kappa shape index (κ3) is 9.36. The van der Waals surface area contributed by atoms with E-state index in [9.17, 15) is 17.6 Å². The van der Waals surface area contributed by atoms with Crippen molar-refractivity contribution < 1.29 is 22.3 Å². The normalized spacial score (nSPS) is 14.6. The third-order valence-electron chi connectivity index (χ3n) is 4.57. The molecule has 0 aliphatic rings. The van der Waals surface area contributed by atoms with Crippen LogP contribution in [0.3, 0.4) is 0 Å². The van der Waals surface area contributed by atoms with Crippen LogP contribution in [0.15, 0.2) is 30.3 Å². The van der Waals surface area contributed by atoms with E-state index in [1.807, 2.05) is 6.07 Å². The molecule has 1 N–H and O–H groups in total. The average Bonchev–Trinajstić information content (AvgIpc) is 2.53. The van der Waals surface area contributed by atoms with E-state index in [1.165, 1.54) is 5.56 Å². The van der Waals surface area contributed by atoms with Gasteiger partial charge in [0.1, 0.15) is 23.1 Å². The fourth-order valence-electron chi connectivity index (χ4n) is 3.58. The van der Waals surface area contributed by atoms with Crippen molar-refractivity contribution in [2.45, 2.75) is 69.9 Å². The number of rotatable bonds is 12. The van der Waals surface area contributed by atoms with Gasteiger partial charge in [0.2, 0.25) is 0 Å². The van der Waals surface area contributed by atoms with Crippen molar-refractivity contribution in [1.82, 2.24) is 4.65 Å².